The summed E-state index contributed by atoms with van der Waals surface area (Å²) in [6.07, 6.45) is 0. The molecule has 0 fully saturated rings. The lowest BCUT2D eigenvalue weighted by atomic mass is 10.1. The van der Waals surface area contributed by atoms with Gasteiger partial charge in [-0.2, -0.15) is 5.10 Å². The number of rotatable bonds is 6. The Kier molecular flexibility index (Phi) is 6.17. The zero-order chi connectivity index (χ0) is 21.7. The minimum Gasteiger partial charge on any atom is -0.450 e. The van der Waals surface area contributed by atoms with E-state index in [9.17, 15) is 19.2 Å². The minimum absolute atomic E-state index is 0.115. The number of hydrogen-bond donors (Lipinski definition) is 1. The smallest absolute Gasteiger partial charge is 0.380 e. The summed E-state index contributed by atoms with van der Waals surface area (Å²) in [5, 5.41) is 6.41. The number of aryl methyl sites for hydroxylation is 1. The molecule has 0 aliphatic rings. The number of imide groups is 1. The Morgan fingerprint density at radius 3 is 2.17 bits per heavy atom. The van der Waals surface area contributed by atoms with Crippen LogP contribution in [0.15, 0.2) is 60.7 Å². The summed E-state index contributed by atoms with van der Waals surface area (Å²) in [7, 11) is 0. The topological polar surface area (TPSA) is 107 Å². The van der Waals surface area contributed by atoms with Gasteiger partial charge in [0.15, 0.2) is 6.61 Å². The molecule has 1 aromatic heterocycles. The fourth-order valence-corrected chi connectivity index (χ4v) is 2.92. The second-order valence-electron chi connectivity index (χ2n) is 6.44. The molecule has 0 saturated heterocycles. The van der Waals surface area contributed by atoms with Crippen molar-refractivity contribution in [1.82, 2.24) is 15.1 Å². The number of Topliss-reactive ketones (excluding diaryl/α,β-unsaturated/α-hetero) is 1. The fourth-order valence-electron chi connectivity index (χ4n) is 2.92. The highest BCUT2D eigenvalue weighted by atomic mass is 16.5. The molecule has 0 aliphatic heterocycles. The third kappa shape index (κ3) is 4.49. The molecule has 0 bridgehead atoms. The van der Waals surface area contributed by atoms with E-state index >= 15 is 0 Å². The van der Waals surface area contributed by atoms with E-state index in [1.807, 2.05) is 30.3 Å². The predicted molar refractivity (Wildman–Crippen MR) is 107 cm³/mol. The van der Waals surface area contributed by atoms with Crippen molar-refractivity contribution in [3.8, 4) is 5.69 Å². The Bertz CT molecular complexity index is 1100. The highest BCUT2D eigenvalue weighted by Crippen LogP contribution is 2.18. The zero-order valence-corrected chi connectivity index (χ0v) is 16.4. The third-order valence-corrected chi connectivity index (χ3v) is 4.33. The highest BCUT2D eigenvalue weighted by molar-refractivity contribution is 6.41. The summed E-state index contributed by atoms with van der Waals surface area (Å²) >= 11 is 0. The first-order chi connectivity index (χ1) is 14.4. The van der Waals surface area contributed by atoms with Crippen LogP contribution in [0.4, 0.5) is 0 Å². The van der Waals surface area contributed by atoms with E-state index in [1.54, 1.807) is 36.7 Å². The Balaban J connectivity index is 1.64. The van der Waals surface area contributed by atoms with Crippen molar-refractivity contribution < 1.29 is 23.9 Å². The molecule has 0 unspecified atom stereocenters. The van der Waals surface area contributed by atoms with Crippen molar-refractivity contribution in [2.75, 3.05) is 6.61 Å². The molecule has 0 spiro atoms. The Labute approximate surface area is 172 Å². The van der Waals surface area contributed by atoms with Gasteiger partial charge in [0, 0.05) is 5.56 Å². The molecule has 30 heavy (non-hydrogen) atoms. The molecule has 3 aromatic rings. The summed E-state index contributed by atoms with van der Waals surface area (Å²) in [5.41, 5.74) is 1.98. The summed E-state index contributed by atoms with van der Waals surface area (Å²) in [4.78, 5) is 48.5. The van der Waals surface area contributed by atoms with Crippen LogP contribution in [0, 0.1) is 13.8 Å². The van der Waals surface area contributed by atoms with Crippen LogP contribution in [0.25, 0.3) is 5.69 Å². The maximum Gasteiger partial charge on any atom is 0.380 e. The van der Waals surface area contributed by atoms with Crippen molar-refractivity contribution in [2.45, 2.75) is 13.8 Å². The Morgan fingerprint density at radius 1 is 0.933 bits per heavy atom. The molecule has 0 aliphatic carbocycles. The average Bonchev–Trinajstić information content (AvgIpc) is 3.06. The maximum absolute atomic E-state index is 12.6. The van der Waals surface area contributed by atoms with E-state index in [4.69, 9.17) is 4.74 Å². The third-order valence-electron chi connectivity index (χ3n) is 4.33. The number of aromatic nitrogens is 2. The van der Waals surface area contributed by atoms with Crippen LogP contribution in [0.5, 0.6) is 0 Å². The number of benzene rings is 2. The summed E-state index contributed by atoms with van der Waals surface area (Å²) in [6, 6.07) is 17.3. The van der Waals surface area contributed by atoms with Gasteiger partial charge in [0.1, 0.15) is 0 Å². The molecule has 8 heteroatoms. The van der Waals surface area contributed by atoms with Gasteiger partial charge in [-0.1, -0.05) is 36.4 Å². The standard InChI is InChI=1S/C22H19N3O5/c1-14-19(15(2)25(24-14)17-11-7-4-8-12-17)20(27)22(29)30-13-18(26)23-21(28)16-9-5-3-6-10-16/h3-12H,13H2,1-2H3,(H,23,26,28). The number of carbonyl (C=O) groups excluding carboxylic acids is 4. The first kappa shape index (κ1) is 20.7. The first-order valence-corrected chi connectivity index (χ1v) is 9.11. The molecule has 1 heterocycles. The number of amides is 2. The number of ketones is 1. The van der Waals surface area contributed by atoms with E-state index in [1.165, 1.54) is 12.1 Å². The fraction of sp³-hybridized carbons (Fsp3) is 0.136. The van der Waals surface area contributed by atoms with Gasteiger partial charge in [-0.25, -0.2) is 9.48 Å². The van der Waals surface area contributed by atoms with E-state index in [-0.39, 0.29) is 11.1 Å². The van der Waals surface area contributed by atoms with Crippen molar-refractivity contribution in [3.05, 3.63) is 83.2 Å². The number of nitrogens with zero attached hydrogens (tertiary/aromatic N) is 2. The van der Waals surface area contributed by atoms with Gasteiger partial charge in [-0.15, -0.1) is 0 Å². The van der Waals surface area contributed by atoms with Crippen molar-refractivity contribution in [3.63, 3.8) is 0 Å². The summed E-state index contributed by atoms with van der Waals surface area (Å²) in [6.45, 7) is 2.52. The van der Waals surface area contributed by atoms with Crippen LogP contribution < -0.4 is 5.32 Å². The molecule has 2 amide bonds. The quantitative estimate of drug-likeness (QED) is 0.383. The van der Waals surface area contributed by atoms with E-state index < -0.39 is 30.2 Å². The monoisotopic (exact) mass is 405 g/mol. The maximum atomic E-state index is 12.6. The lowest BCUT2D eigenvalue weighted by molar-refractivity contribution is -0.143. The highest BCUT2D eigenvalue weighted by Gasteiger charge is 2.27. The van der Waals surface area contributed by atoms with Crippen LogP contribution in [0.2, 0.25) is 0 Å². The second kappa shape index (κ2) is 8.95. The molecule has 3 rings (SSSR count). The van der Waals surface area contributed by atoms with Crippen LogP contribution >= 0.6 is 0 Å². The molecular formula is C22H19N3O5. The van der Waals surface area contributed by atoms with Gasteiger partial charge in [0.2, 0.25) is 0 Å². The number of nitrogens with one attached hydrogen (secondary N) is 1. The van der Waals surface area contributed by atoms with Gasteiger partial charge in [-0.3, -0.25) is 19.7 Å². The van der Waals surface area contributed by atoms with Gasteiger partial charge in [0.05, 0.1) is 22.6 Å². The number of hydrogen-bond acceptors (Lipinski definition) is 6. The number of carbonyl (C=O) groups is 4. The molecule has 0 atom stereocenters. The van der Waals surface area contributed by atoms with Crippen molar-refractivity contribution in [1.29, 1.82) is 0 Å². The molecule has 0 saturated carbocycles. The predicted octanol–water partition coefficient (Wildman–Crippen LogP) is 2.17. The van der Waals surface area contributed by atoms with Crippen LogP contribution in [-0.2, 0) is 14.3 Å². The minimum atomic E-state index is -1.20. The molecule has 152 valence electrons. The molecule has 1 N–H and O–H groups in total. The molecule has 0 radical (unpaired) electrons. The summed E-state index contributed by atoms with van der Waals surface area (Å²) in [5.74, 6) is -3.57. The Morgan fingerprint density at radius 2 is 1.53 bits per heavy atom. The lowest BCUT2D eigenvalue weighted by Gasteiger charge is -2.06. The first-order valence-electron chi connectivity index (χ1n) is 9.11. The van der Waals surface area contributed by atoms with Crippen LogP contribution in [0.1, 0.15) is 32.1 Å². The number of para-hydroxylation sites is 1. The largest absolute Gasteiger partial charge is 0.450 e. The second-order valence-corrected chi connectivity index (χ2v) is 6.44. The molecule has 8 nitrogen and oxygen atoms in total. The SMILES string of the molecule is Cc1nn(-c2ccccc2)c(C)c1C(=O)C(=O)OCC(=O)NC(=O)c1ccccc1. The van der Waals surface area contributed by atoms with E-state index in [0.717, 1.165) is 5.69 Å². The van der Waals surface area contributed by atoms with Gasteiger partial charge in [-0.05, 0) is 38.1 Å². The van der Waals surface area contributed by atoms with Gasteiger partial charge in [0.25, 0.3) is 17.6 Å². The van der Waals surface area contributed by atoms with Crippen LogP contribution in [0.3, 0.4) is 0 Å². The van der Waals surface area contributed by atoms with Crippen molar-refractivity contribution >= 4 is 23.6 Å². The lowest BCUT2D eigenvalue weighted by Crippen LogP contribution is -2.35. The van der Waals surface area contributed by atoms with E-state index in [0.29, 0.717) is 11.4 Å². The zero-order valence-electron chi connectivity index (χ0n) is 16.4. The number of ether oxygens (including phenoxy) is 1. The normalized spacial score (nSPS) is 10.3. The van der Waals surface area contributed by atoms with Crippen molar-refractivity contribution in [2.24, 2.45) is 0 Å². The van der Waals surface area contributed by atoms with E-state index in [2.05, 4.69) is 10.4 Å². The average molecular weight is 405 g/mol. The van der Waals surface area contributed by atoms with Crippen LogP contribution in [-0.4, -0.2) is 40.0 Å². The summed E-state index contributed by atoms with van der Waals surface area (Å²) < 4.78 is 6.35. The molecule has 2 aromatic carbocycles. The Hall–Kier alpha value is -4.07. The van der Waals surface area contributed by atoms with Gasteiger partial charge < -0.3 is 4.74 Å². The van der Waals surface area contributed by atoms with Gasteiger partial charge >= 0.3 is 5.97 Å². The molecular weight excluding hydrogens is 386 g/mol. The number of esters is 1.